The van der Waals surface area contributed by atoms with Crippen LogP contribution in [-0.4, -0.2) is 39.9 Å². The summed E-state index contributed by atoms with van der Waals surface area (Å²) in [4.78, 5) is 24.3. The number of nitrogens with zero attached hydrogens (tertiary/aromatic N) is 3. The van der Waals surface area contributed by atoms with E-state index in [2.05, 4.69) is 14.9 Å². The van der Waals surface area contributed by atoms with Crippen LogP contribution < -0.4 is 0 Å². The third-order valence-corrected chi connectivity index (χ3v) is 5.71. The number of fused-ring (bicyclic) bond motifs is 1. The normalized spacial score (nSPS) is 15.0. The Labute approximate surface area is 155 Å². The van der Waals surface area contributed by atoms with Crippen molar-refractivity contribution in [1.82, 2.24) is 9.88 Å². The summed E-state index contributed by atoms with van der Waals surface area (Å²) in [6, 6.07) is 13.8. The van der Waals surface area contributed by atoms with Gasteiger partial charge in [0.05, 0.1) is 11.4 Å². The number of carboxylic acid groups (broad SMARTS) is 1. The summed E-state index contributed by atoms with van der Waals surface area (Å²) < 4.78 is 0. The van der Waals surface area contributed by atoms with Crippen LogP contribution in [0.1, 0.15) is 29.4 Å². The van der Waals surface area contributed by atoms with Crippen LogP contribution in [0.3, 0.4) is 0 Å². The average Bonchev–Trinajstić information content (AvgIpc) is 3.30. The van der Waals surface area contributed by atoms with Crippen molar-refractivity contribution in [2.75, 3.05) is 13.1 Å². The SMILES string of the molecule is CC(=Nc1c(C(=O)O)sc2nc(-c3ccccc3)ccc12)N1CCCC1. The van der Waals surface area contributed by atoms with Gasteiger partial charge in [-0.2, -0.15) is 0 Å². The molecule has 0 amide bonds. The van der Waals surface area contributed by atoms with Gasteiger partial charge in [0, 0.05) is 24.0 Å². The summed E-state index contributed by atoms with van der Waals surface area (Å²) in [5.41, 5.74) is 2.37. The maximum atomic E-state index is 11.7. The van der Waals surface area contributed by atoms with Gasteiger partial charge in [0.15, 0.2) is 0 Å². The molecule has 0 aliphatic carbocycles. The van der Waals surface area contributed by atoms with Crippen LogP contribution in [0.25, 0.3) is 21.5 Å². The van der Waals surface area contributed by atoms with Crippen LogP contribution in [0.5, 0.6) is 0 Å². The molecule has 1 aliphatic rings. The van der Waals surface area contributed by atoms with Crippen molar-refractivity contribution in [3.8, 4) is 11.3 Å². The first-order valence-electron chi connectivity index (χ1n) is 8.66. The second kappa shape index (κ2) is 6.88. The standard InChI is InChI=1S/C20H19N3O2S/c1-13(23-11-5-6-12-23)21-17-15-9-10-16(14-7-3-2-4-8-14)22-19(15)26-18(17)20(24)25/h2-4,7-10H,5-6,11-12H2,1H3,(H,24,25). The van der Waals surface area contributed by atoms with Crippen LogP contribution >= 0.6 is 11.3 Å². The van der Waals surface area contributed by atoms with Crippen molar-refractivity contribution in [1.29, 1.82) is 0 Å². The number of pyridine rings is 1. The number of carboxylic acids is 1. The molecule has 132 valence electrons. The fourth-order valence-electron chi connectivity index (χ4n) is 3.26. The smallest absolute Gasteiger partial charge is 0.348 e. The Morgan fingerprint density at radius 2 is 1.88 bits per heavy atom. The fourth-order valence-corrected chi connectivity index (χ4v) is 4.22. The van der Waals surface area contributed by atoms with Gasteiger partial charge in [-0.25, -0.2) is 14.8 Å². The number of aromatic carboxylic acids is 1. The van der Waals surface area contributed by atoms with Gasteiger partial charge in [0.25, 0.3) is 0 Å². The lowest BCUT2D eigenvalue weighted by atomic mass is 10.1. The van der Waals surface area contributed by atoms with E-state index in [1.807, 2.05) is 49.4 Å². The molecule has 0 spiro atoms. The summed E-state index contributed by atoms with van der Waals surface area (Å²) in [6.45, 7) is 3.92. The van der Waals surface area contributed by atoms with Gasteiger partial charge in [-0.3, -0.25) is 0 Å². The van der Waals surface area contributed by atoms with Gasteiger partial charge in [-0.15, -0.1) is 11.3 Å². The van der Waals surface area contributed by atoms with Gasteiger partial charge in [0.2, 0.25) is 0 Å². The lowest BCUT2D eigenvalue weighted by molar-refractivity contribution is 0.0703. The molecule has 1 saturated heterocycles. The number of hydrogen-bond donors (Lipinski definition) is 1. The predicted octanol–water partition coefficient (Wildman–Crippen LogP) is 4.81. The van der Waals surface area contributed by atoms with E-state index in [1.54, 1.807) is 0 Å². The molecular weight excluding hydrogens is 346 g/mol. The minimum absolute atomic E-state index is 0.247. The molecular formula is C20H19N3O2S. The van der Waals surface area contributed by atoms with Crippen molar-refractivity contribution < 1.29 is 9.90 Å². The topological polar surface area (TPSA) is 65.8 Å². The molecule has 0 unspecified atom stereocenters. The van der Waals surface area contributed by atoms with Gasteiger partial charge in [-0.1, -0.05) is 30.3 Å². The van der Waals surface area contributed by atoms with Crippen LogP contribution in [0, 0.1) is 0 Å². The molecule has 1 aromatic carbocycles. The van der Waals surface area contributed by atoms with E-state index in [-0.39, 0.29) is 4.88 Å². The number of carbonyl (C=O) groups is 1. The summed E-state index contributed by atoms with van der Waals surface area (Å²) in [5, 5.41) is 10.4. The maximum Gasteiger partial charge on any atom is 0.348 e. The number of likely N-dealkylation sites (tertiary alicyclic amines) is 1. The number of thiophene rings is 1. The zero-order chi connectivity index (χ0) is 18.1. The van der Waals surface area contributed by atoms with Gasteiger partial charge in [0.1, 0.15) is 15.5 Å². The quantitative estimate of drug-likeness (QED) is 0.534. The molecule has 1 N–H and O–H groups in total. The largest absolute Gasteiger partial charge is 0.477 e. The number of aliphatic imine (C=N–C) groups is 1. The van der Waals surface area contributed by atoms with Crippen molar-refractivity contribution in [3.05, 3.63) is 47.3 Å². The highest BCUT2D eigenvalue weighted by Gasteiger charge is 2.21. The fraction of sp³-hybridized carbons (Fsp3) is 0.250. The molecule has 0 bridgehead atoms. The van der Waals surface area contributed by atoms with E-state index in [0.29, 0.717) is 10.5 Å². The first-order chi connectivity index (χ1) is 12.6. The molecule has 3 heterocycles. The molecule has 0 saturated carbocycles. The lowest BCUT2D eigenvalue weighted by Gasteiger charge is -2.16. The number of amidine groups is 1. The summed E-state index contributed by atoms with van der Waals surface area (Å²) in [7, 11) is 0. The van der Waals surface area contributed by atoms with Crippen LogP contribution in [0.2, 0.25) is 0 Å². The first-order valence-corrected chi connectivity index (χ1v) is 9.47. The number of hydrogen-bond acceptors (Lipinski definition) is 4. The molecule has 3 aromatic rings. The zero-order valence-electron chi connectivity index (χ0n) is 14.5. The van der Waals surface area contributed by atoms with Gasteiger partial charge in [-0.05, 0) is 31.9 Å². The Hall–Kier alpha value is -2.73. The monoisotopic (exact) mass is 365 g/mol. The Morgan fingerprint density at radius 3 is 2.58 bits per heavy atom. The Morgan fingerprint density at radius 1 is 1.15 bits per heavy atom. The maximum absolute atomic E-state index is 11.7. The van der Waals surface area contributed by atoms with E-state index < -0.39 is 5.97 Å². The van der Waals surface area contributed by atoms with E-state index in [0.717, 1.165) is 48.4 Å². The Kier molecular flexibility index (Phi) is 4.42. The van der Waals surface area contributed by atoms with Crippen LogP contribution in [-0.2, 0) is 0 Å². The molecule has 2 aromatic heterocycles. The Balaban J connectivity index is 1.82. The van der Waals surface area contributed by atoms with Crippen LogP contribution in [0.4, 0.5) is 5.69 Å². The lowest BCUT2D eigenvalue weighted by Crippen LogP contribution is -2.24. The highest BCUT2D eigenvalue weighted by molar-refractivity contribution is 7.21. The minimum atomic E-state index is -0.956. The summed E-state index contributed by atoms with van der Waals surface area (Å²) >= 11 is 1.19. The molecule has 1 aliphatic heterocycles. The molecule has 6 heteroatoms. The first kappa shape index (κ1) is 16.7. The molecule has 4 rings (SSSR count). The zero-order valence-corrected chi connectivity index (χ0v) is 15.3. The minimum Gasteiger partial charge on any atom is -0.477 e. The summed E-state index contributed by atoms with van der Waals surface area (Å²) in [6.07, 6.45) is 2.32. The van der Waals surface area contributed by atoms with Crippen molar-refractivity contribution in [3.63, 3.8) is 0 Å². The summed E-state index contributed by atoms with van der Waals surface area (Å²) in [5.74, 6) is -0.0842. The molecule has 5 nitrogen and oxygen atoms in total. The van der Waals surface area contributed by atoms with E-state index >= 15 is 0 Å². The van der Waals surface area contributed by atoms with Crippen molar-refractivity contribution in [2.24, 2.45) is 4.99 Å². The third-order valence-electron chi connectivity index (χ3n) is 4.63. The van der Waals surface area contributed by atoms with E-state index in [1.165, 1.54) is 11.3 Å². The highest BCUT2D eigenvalue weighted by Crippen LogP contribution is 2.38. The second-order valence-corrected chi connectivity index (χ2v) is 7.35. The predicted molar refractivity (Wildman–Crippen MR) is 106 cm³/mol. The Bertz CT molecular complexity index is 989. The van der Waals surface area contributed by atoms with Gasteiger partial charge >= 0.3 is 5.97 Å². The number of aromatic nitrogens is 1. The van der Waals surface area contributed by atoms with E-state index in [4.69, 9.17) is 0 Å². The van der Waals surface area contributed by atoms with Crippen molar-refractivity contribution in [2.45, 2.75) is 19.8 Å². The molecule has 0 radical (unpaired) electrons. The number of rotatable bonds is 3. The molecule has 0 atom stereocenters. The molecule has 26 heavy (non-hydrogen) atoms. The van der Waals surface area contributed by atoms with Crippen LogP contribution in [0.15, 0.2) is 47.5 Å². The van der Waals surface area contributed by atoms with Gasteiger partial charge < -0.3 is 10.0 Å². The number of benzene rings is 1. The third kappa shape index (κ3) is 3.08. The van der Waals surface area contributed by atoms with E-state index in [9.17, 15) is 9.90 Å². The average molecular weight is 365 g/mol. The van der Waals surface area contributed by atoms with Crippen molar-refractivity contribution >= 4 is 39.0 Å². The highest BCUT2D eigenvalue weighted by atomic mass is 32.1. The second-order valence-electron chi connectivity index (χ2n) is 6.35. The molecule has 1 fully saturated rings.